The van der Waals surface area contributed by atoms with Crippen molar-refractivity contribution >= 4 is 16.6 Å². The number of aryl methyl sites for hydroxylation is 1. The number of halogens is 2. The highest BCUT2D eigenvalue weighted by Crippen LogP contribution is 2.30. The molecule has 0 aliphatic rings. The summed E-state index contributed by atoms with van der Waals surface area (Å²) in [7, 11) is 0. The van der Waals surface area contributed by atoms with Gasteiger partial charge in [-0.05, 0) is 32.0 Å². The summed E-state index contributed by atoms with van der Waals surface area (Å²) in [5, 5.41) is 4.09. The summed E-state index contributed by atoms with van der Waals surface area (Å²) in [5.41, 5.74) is 2.99. The van der Waals surface area contributed by atoms with Crippen molar-refractivity contribution in [3.8, 4) is 0 Å². The van der Waals surface area contributed by atoms with Crippen LogP contribution in [0.25, 0.3) is 10.9 Å². The minimum absolute atomic E-state index is 0.0748. The Kier molecular flexibility index (Phi) is 3.75. The summed E-state index contributed by atoms with van der Waals surface area (Å²) in [6.45, 7) is 1.32. The summed E-state index contributed by atoms with van der Waals surface area (Å²) in [6, 6.07) is 6.94. The fraction of sp³-hybridized carbons (Fsp3) is 0.250. The molecule has 1 unspecified atom stereocenters. The van der Waals surface area contributed by atoms with Gasteiger partial charge in [-0.25, -0.2) is 0 Å². The molecular formula is C16H16F2N4. The Morgan fingerprint density at radius 2 is 1.91 bits per heavy atom. The van der Waals surface area contributed by atoms with Gasteiger partial charge >= 0.3 is 6.55 Å². The van der Waals surface area contributed by atoms with Crippen molar-refractivity contribution in [3.05, 3.63) is 54.2 Å². The van der Waals surface area contributed by atoms with Crippen LogP contribution < -0.4 is 5.32 Å². The van der Waals surface area contributed by atoms with Crippen molar-refractivity contribution in [1.82, 2.24) is 14.5 Å². The quantitative estimate of drug-likeness (QED) is 0.781. The van der Waals surface area contributed by atoms with Gasteiger partial charge in [-0.15, -0.1) is 0 Å². The molecule has 2 aromatic heterocycles. The number of anilines is 1. The standard InChI is InChI=1S/C16H16F2N4/c1-10-15(20-8-7-19-10)11(2)21-13-4-3-5-14-12(13)6-9-22(14)16(17)18/h3-9,11,16,21H,1-2H3. The molecule has 114 valence electrons. The Labute approximate surface area is 126 Å². The largest absolute Gasteiger partial charge is 0.376 e. The van der Waals surface area contributed by atoms with Crippen molar-refractivity contribution in [3.63, 3.8) is 0 Å². The predicted octanol–water partition coefficient (Wildman–Crippen LogP) is 4.31. The summed E-state index contributed by atoms with van der Waals surface area (Å²) < 4.78 is 26.9. The van der Waals surface area contributed by atoms with Crippen molar-refractivity contribution in [1.29, 1.82) is 0 Å². The Hall–Kier alpha value is -2.50. The molecule has 6 heteroatoms. The van der Waals surface area contributed by atoms with Gasteiger partial charge in [-0.3, -0.25) is 14.5 Å². The first-order chi connectivity index (χ1) is 10.6. The minimum Gasteiger partial charge on any atom is -0.376 e. The maximum atomic E-state index is 13.0. The smallest absolute Gasteiger partial charge is 0.319 e. The van der Waals surface area contributed by atoms with Gasteiger partial charge in [0.25, 0.3) is 0 Å². The highest BCUT2D eigenvalue weighted by molar-refractivity contribution is 5.92. The number of benzene rings is 1. The van der Waals surface area contributed by atoms with Gasteiger partial charge in [-0.2, -0.15) is 8.78 Å². The minimum atomic E-state index is -2.55. The molecule has 0 spiro atoms. The highest BCUT2D eigenvalue weighted by atomic mass is 19.3. The molecule has 0 saturated carbocycles. The van der Waals surface area contributed by atoms with Crippen LogP contribution in [0.3, 0.4) is 0 Å². The van der Waals surface area contributed by atoms with Crippen LogP contribution in [0.2, 0.25) is 0 Å². The Bertz CT molecular complexity index is 798. The first kappa shape index (κ1) is 14.4. The molecule has 1 N–H and O–H groups in total. The number of alkyl halides is 2. The topological polar surface area (TPSA) is 42.7 Å². The van der Waals surface area contributed by atoms with E-state index in [1.54, 1.807) is 30.6 Å². The Morgan fingerprint density at radius 3 is 2.64 bits per heavy atom. The van der Waals surface area contributed by atoms with Crippen molar-refractivity contribution < 1.29 is 8.78 Å². The van der Waals surface area contributed by atoms with Crippen molar-refractivity contribution in [2.75, 3.05) is 5.32 Å². The van der Waals surface area contributed by atoms with Crippen LogP contribution in [0.5, 0.6) is 0 Å². The second-order valence-electron chi connectivity index (χ2n) is 5.13. The van der Waals surface area contributed by atoms with Crippen LogP contribution in [0.1, 0.15) is 30.9 Å². The zero-order valence-electron chi connectivity index (χ0n) is 12.3. The maximum Gasteiger partial charge on any atom is 0.319 e. The van der Waals surface area contributed by atoms with Crippen molar-refractivity contribution in [2.24, 2.45) is 0 Å². The number of aromatic nitrogens is 3. The first-order valence-corrected chi connectivity index (χ1v) is 6.99. The van der Waals surface area contributed by atoms with Crippen LogP contribution in [0.4, 0.5) is 14.5 Å². The first-order valence-electron chi connectivity index (χ1n) is 6.99. The van der Waals surface area contributed by atoms with E-state index in [-0.39, 0.29) is 6.04 Å². The van der Waals surface area contributed by atoms with Crippen LogP contribution in [-0.4, -0.2) is 14.5 Å². The third-order valence-electron chi connectivity index (χ3n) is 3.67. The fourth-order valence-corrected chi connectivity index (χ4v) is 2.63. The second kappa shape index (κ2) is 5.71. The molecule has 0 bridgehead atoms. The lowest BCUT2D eigenvalue weighted by atomic mass is 10.1. The number of hydrogen-bond acceptors (Lipinski definition) is 3. The third kappa shape index (κ3) is 2.52. The Balaban J connectivity index is 1.96. The van der Waals surface area contributed by atoms with Gasteiger partial charge in [0.1, 0.15) is 0 Å². The number of nitrogens with zero attached hydrogens (tertiary/aromatic N) is 3. The average molecular weight is 302 g/mol. The summed E-state index contributed by atoms with van der Waals surface area (Å²) >= 11 is 0. The molecule has 0 amide bonds. The molecule has 0 aliphatic heterocycles. The average Bonchev–Trinajstić information content (AvgIpc) is 2.93. The van der Waals surface area contributed by atoms with Gasteiger partial charge in [0.2, 0.25) is 0 Å². The molecule has 4 nitrogen and oxygen atoms in total. The van der Waals surface area contributed by atoms with Gasteiger partial charge in [0.05, 0.1) is 22.9 Å². The predicted molar refractivity (Wildman–Crippen MR) is 82.0 cm³/mol. The van der Waals surface area contributed by atoms with E-state index >= 15 is 0 Å². The lowest BCUT2D eigenvalue weighted by Crippen LogP contribution is -2.11. The van der Waals surface area contributed by atoms with Gasteiger partial charge in [0, 0.05) is 29.7 Å². The van der Waals surface area contributed by atoms with E-state index in [1.165, 1.54) is 6.20 Å². The summed E-state index contributed by atoms with van der Waals surface area (Å²) in [6.07, 6.45) is 4.70. The molecule has 1 aromatic carbocycles. The maximum absolute atomic E-state index is 13.0. The monoisotopic (exact) mass is 302 g/mol. The lowest BCUT2D eigenvalue weighted by molar-refractivity contribution is 0.0752. The molecule has 2 heterocycles. The van der Waals surface area contributed by atoms with Crippen LogP contribution >= 0.6 is 0 Å². The number of rotatable bonds is 4. The van der Waals surface area contributed by atoms with Crippen LogP contribution in [0.15, 0.2) is 42.9 Å². The summed E-state index contributed by atoms with van der Waals surface area (Å²) in [5.74, 6) is 0. The molecule has 0 aliphatic carbocycles. The molecule has 0 saturated heterocycles. The van der Waals surface area contributed by atoms with Crippen LogP contribution in [-0.2, 0) is 0 Å². The number of fused-ring (bicyclic) bond motifs is 1. The number of nitrogens with one attached hydrogen (secondary N) is 1. The SMILES string of the molecule is Cc1nccnc1C(C)Nc1cccc2c1ccn2C(F)F. The Morgan fingerprint density at radius 1 is 1.14 bits per heavy atom. The van der Waals surface area contributed by atoms with E-state index in [1.807, 2.05) is 19.9 Å². The van der Waals surface area contributed by atoms with E-state index in [0.717, 1.165) is 27.0 Å². The van der Waals surface area contributed by atoms with Gasteiger partial charge in [-0.1, -0.05) is 6.07 Å². The zero-order valence-corrected chi connectivity index (χ0v) is 12.3. The lowest BCUT2D eigenvalue weighted by Gasteiger charge is -2.17. The van der Waals surface area contributed by atoms with E-state index in [9.17, 15) is 8.78 Å². The summed E-state index contributed by atoms with van der Waals surface area (Å²) in [4.78, 5) is 8.56. The molecule has 0 fully saturated rings. The van der Waals surface area contributed by atoms with E-state index in [4.69, 9.17) is 0 Å². The van der Waals surface area contributed by atoms with Gasteiger partial charge in [0.15, 0.2) is 0 Å². The zero-order chi connectivity index (χ0) is 15.7. The van der Waals surface area contributed by atoms with Crippen LogP contribution in [0, 0.1) is 6.92 Å². The van der Waals surface area contributed by atoms with E-state index in [2.05, 4.69) is 15.3 Å². The molecule has 3 rings (SSSR count). The second-order valence-corrected chi connectivity index (χ2v) is 5.13. The molecular weight excluding hydrogens is 286 g/mol. The van der Waals surface area contributed by atoms with E-state index in [0.29, 0.717) is 5.52 Å². The molecule has 0 radical (unpaired) electrons. The molecule has 3 aromatic rings. The normalized spacial score (nSPS) is 12.8. The third-order valence-corrected chi connectivity index (χ3v) is 3.67. The van der Waals surface area contributed by atoms with E-state index < -0.39 is 6.55 Å². The highest BCUT2D eigenvalue weighted by Gasteiger charge is 2.15. The molecule has 22 heavy (non-hydrogen) atoms. The van der Waals surface area contributed by atoms with Gasteiger partial charge < -0.3 is 5.32 Å². The number of hydrogen-bond donors (Lipinski definition) is 1. The fourth-order valence-electron chi connectivity index (χ4n) is 2.63. The van der Waals surface area contributed by atoms with Crippen molar-refractivity contribution in [2.45, 2.75) is 26.4 Å². The molecule has 1 atom stereocenters.